The molecule has 23 heavy (non-hydrogen) atoms. The Morgan fingerprint density at radius 3 is 3.09 bits per heavy atom. The number of aryl methyl sites for hydroxylation is 1. The van der Waals surface area contributed by atoms with Gasteiger partial charge in [-0.25, -0.2) is 0 Å². The quantitative estimate of drug-likeness (QED) is 0.779. The summed E-state index contributed by atoms with van der Waals surface area (Å²) >= 11 is 0. The lowest BCUT2D eigenvalue weighted by molar-refractivity contribution is 0.102. The number of hydrogen-bond acceptors (Lipinski definition) is 4. The van der Waals surface area contributed by atoms with Crippen LogP contribution in [0.25, 0.3) is 10.9 Å². The summed E-state index contributed by atoms with van der Waals surface area (Å²) in [5, 5.41) is 10.9. The number of benzene rings is 1. The van der Waals surface area contributed by atoms with Crippen LogP contribution in [0, 0.1) is 0 Å². The number of nitrogens with zero attached hydrogens (tertiary/aromatic N) is 2. The van der Waals surface area contributed by atoms with Crippen LogP contribution in [0.4, 0.5) is 5.69 Å². The number of rotatable bonds is 3. The summed E-state index contributed by atoms with van der Waals surface area (Å²) in [6, 6.07) is 7.55. The summed E-state index contributed by atoms with van der Waals surface area (Å²) in [6.07, 6.45) is 4.59. The molecular formula is C17H16N4O2. The third kappa shape index (κ3) is 2.42. The number of H-pyrrole nitrogens is 1. The SMILES string of the molecule is COc1ccc2cc(NC(=O)c3n[nH]c4c3CCC4)cnc2c1. The second-order valence-corrected chi connectivity index (χ2v) is 5.62. The number of carbonyl (C=O) groups is 1. The molecule has 0 unspecified atom stereocenters. The van der Waals surface area contributed by atoms with Gasteiger partial charge in [0, 0.05) is 22.7 Å². The first-order valence-electron chi connectivity index (χ1n) is 7.56. The number of aromatic amines is 1. The Balaban J connectivity index is 1.60. The molecule has 4 rings (SSSR count). The zero-order chi connectivity index (χ0) is 15.8. The van der Waals surface area contributed by atoms with Crippen LogP contribution >= 0.6 is 0 Å². The minimum Gasteiger partial charge on any atom is -0.497 e. The number of aromatic nitrogens is 3. The van der Waals surface area contributed by atoms with Crippen LogP contribution in [0.2, 0.25) is 0 Å². The molecule has 0 atom stereocenters. The molecule has 0 saturated heterocycles. The van der Waals surface area contributed by atoms with Gasteiger partial charge in [0.05, 0.1) is 24.5 Å². The predicted octanol–water partition coefficient (Wildman–Crippen LogP) is 2.71. The van der Waals surface area contributed by atoms with Crippen molar-refractivity contribution in [1.82, 2.24) is 15.2 Å². The molecule has 1 amide bonds. The minimum absolute atomic E-state index is 0.195. The minimum atomic E-state index is -0.195. The van der Waals surface area contributed by atoms with E-state index in [0.29, 0.717) is 11.4 Å². The van der Waals surface area contributed by atoms with Crippen molar-refractivity contribution in [3.8, 4) is 5.75 Å². The van der Waals surface area contributed by atoms with E-state index in [9.17, 15) is 4.79 Å². The number of anilines is 1. The molecule has 6 nitrogen and oxygen atoms in total. The maximum Gasteiger partial charge on any atom is 0.276 e. The van der Waals surface area contributed by atoms with Gasteiger partial charge in [0.1, 0.15) is 5.75 Å². The van der Waals surface area contributed by atoms with Crippen LogP contribution < -0.4 is 10.1 Å². The molecule has 0 fully saturated rings. The summed E-state index contributed by atoms with van der Waals surface area (Å²) in [6.45, 7) is 0. The Hall–Kier alpha value is -2.89. The zero-order valence-electron chi connectivity index (χ0n) is 12.7. The molecule has 3 aromatic rings. The predicted molar refractivity (Wildman–Crippen MR) is 86.9 cm³/mol. The average molecular weight is 308 g/mol. The van der Waals surface area contributed by atoms with Crippen molar-refractivity contribution in [2.75, 3.05) is 12.4 Å². The van der Waals surface area contributed by atoms with Crippen LogP contribution in [-0.4, -0.2) is 28.2 Å². The highest BCUT2D eigenvalue weighted by molar-refractivity contribution is 6.04. The number of ether oxygens (including phenoxy) is 1. The van der Waals surface area contributed by atoms with E-state index in [-0.39, 0.29) is 5.91 Å². The van der Waals surface area contributed by atoms with E-state index in [1.807, 2.05) is 24.3 Å². The van der Waals surface area contributed by atoms with Crippen LogP contribution in [0.15, 0.2) is 30.5 Å². The van der Waals surface area contributed by atoms with Gasteiger partial charge in [0.25, 0.3) is 5.91 Å². The van der Waals surface area contributed by atoms with Crippen LogP contribution in [0.5, 0.6) is 5.75 Å². The van der Waals surface area contributed by atoms with Crippen molar-refractivity contribution in [1.29, 1.82) is 0 Å². The fourth-order valence-electron chi connectivity index (χ4n) is 2.99. The summed E-state index contributed by atoms with van der Waals surface area (Å²) in [7, 11) is 1.62. The van der Waals surface area contributed by atoms with Gasteiger partial charge >= 0.3 is 0 Å². The first-order chi connectivity index (χ1) is 11.2. The number of hydrogen-bond donors (Lipinski definition) is 2. The van der Waals surface area contributed by atoms with Gasteiger partial charge in [-0.2, -0.15) is 5.10 Å². The molecule has 2 N–H and O–H groups in total. The van der Waals surface area contributed by atoms with Gasteiger partial charge in [-0.15, -0.1) is 0 Å². The van der Waals surface area contributed by atoms with E-state index in [2.05, 4.69) is 20.5 Å². The third-order valence-electron chi connectivity index (χ3n) is 4.17. The second-order valence-electron chi connectivity index (χ2n) is 5.62. The van der Waals surface area contributed by atoms with E-state index in [1.165, 1.54) is 0 Å². The van der Waals surface area contributed by atoms with Gasteiger partial charge in [0.2, 0.25) is 0 Å². The summed E-state index contributed by atoms with van der Waals surface area (Å²) in [4.78, 5) is 16.8. The first-order valence-corrected chi connectivity index (χ1v) is 7.56. The van der Waals surface area contributed by atoms with Gasteiger partial charge in [0.15, 0.2) is 5.69 Å². The molecule has 0 bridgehead atoms. The number of fused-ring (bicyclic) bond motifs is 2. The standard InChI is InChI=1S/C17H16N4O2/c1-23-12-6-5-10-7-11(9-18-15(10)8-12)19-17(22)16-13-3-2-4-14(13)20-21-16/h5-9H,2-4H2,1H3,(H,19,22)(H,20,21). The fourth-order valence-corrected chi connectivity index (χ4v) is 2.99. The van der Waals surface area contributed by atoms with Crippen LogP contribution in [-0.2, 0) is 12.8 Å². The van der Waals surface area contributed by atoms with Gasteiger partial charge in [-0.1, -0.05) is 0 Å². The molecule has 0 radical (unpaired) electrons. The lowest BCUT2D eigenvalue weighted by Gasteiger charge is -2.06. The smallest absolute Gasteiger partial charge is 0.276 e. The zero-order valence-corrected chi connectivity index (χ0v) is 12.7. The maximum absolute atomic E-state index is 12.4. The van der Waals surface area contributed by atoms with E-state index in [1.54, 1.807) is 13.3 Å². The van der Waals surface area contributed by atoms with E-state index in [4.69, 9.17) is 4.74 Å². The molecule has 6 heteroatoms. The molecule has 116 valence electrons. The average Bonchev–Trinajstić information content (AvgIpc) is 3.17. The normalized spacial score (nSPS) is 13.1. The highest BCUT2D eigenvalue weighted by Crippen LogP contribution is 2.25. The molecular weight excluding hydrogens is 292 g/mol. The van der Waals surface area contributed by atoms with E-state index < -0.39 is 0 Å². The monoisotopic (exact) mass is 308 g/mol. The molecule has 1 aliphatic rings. The summed E-state index contributed by atoms with van der Waals surface area (Å²) in [5.41, 5.74) is 4.10. The number of amides is 1. The third-order valence-corrected chi connectivity index (χ3v) is 4.17. The molecule has 0 aliphatic heterocycles. The summed E-state index contributed by atoms with van der Waals surface area (Å²) < 4.78 is 5.19. The Labute approximate surface area is 132 Å². The lowest BCUT2D eigenvalue weighted by atomic mass is 10.2. The van der Waals surface area contributed by atoms with Crippen molar-refractivity contribution >= 4 is 22.5 Å². The van der Waals surface area contributed by atoms with Crippen molar-refractivity contribution < 1.29 is 9.53 Å². The Morgan fingerprint density at radius 1 is 1.30 bits per heavy atom. The largest absolute Gasteiger partial charge is 0.497 e. The maximum atomic E-state index is 12.4. The van der Waals surface area contributed by atoms with Crippen molar-refractivity contribution in [2.45, 2.75) is 19.3 Å². The Morgan fingerprint density at radius 2 is 2.22 bits per heavy atom. The Kier molecular flexibility index (Phi) is 3.22. The topological polar surface area (TPSA) is 79.9 Å². The molecule has 2 heterocycles. The molecule has 1 aliphatic carbocycles. The molecule has 0 spiro atoms. The number of pyridine rings is 1. The summed E-state index contributed by atoms with van der Waals surface area (Å²) in [5.74, 6) is 0.563. The van der Waals surface area contributed by atoms with E-state index >= 15 is 0 Å². The van der Waals surface area contributed by atoms with Crippen molar-refractivity contribution in [3.05, 3.63) is 47.4 Å². The lowest BCUT2D eigenvalue weighted by Crippen LogP contribution is -2.14. The highest BCUT2D eigenvalue weighted by atomic mass is 16.5. The second kappa shape index (κ2) is 5.39. The highest BCUT2D eigenvalue weighted by Gasteiger charge is 2.23. The first kappa shape index (κ1) is 13.8. The van der Waals surface area contributed by atoms with Gasteiger partial charge in [-0.3, -0.25) is 14.9 Å². The Bertz CT molecular complexity index is 901. The van der Waals surface area contributed by atoms with Crippen molar-refractivity contribution in [3.63, 3.8) is 0 Å². The van der Waals surface area contributed by atoms with E-state index in [0.717, 1.165) is 47.2 Å². The molecule has 1 aromatic carbocycles. The number of methoxy groups -OCH3 is 1. The van der Waals surface area contributed by atoms with Crippen LogP contribution in [0.3, 0.4) is 0 Å². The molecule has 0 saturated carbocycles. The fraction of sp³-hybridized carbons (Fsp3) is 0.235. The van der Waals surface area contributed by atoms with Gasteiger partial charge in [-0.05, 0) is 37.5 Å². The van der Waals surface area contributed by atoms with Crippen molar-refractivity contribution in [2.24, 2.45) is 0 Å². The van der Waals surface area contributed by atoms with Gasteiger partial charge < -0.3 is 10.1 Å². The van der Waals surface area contributed by atoms with Crippen LogP contribution in [0.1, 0.15) is 28.2 Å². The number of nitrogens with one attached hydrogen (secondary N) is 2. The molecule has 2 aromatic heterocycles. The number of carbonyl (C=O) groups excluding carboxylic acids is 1.